The van der Waals surface area contributed by atoms with Gasteiger partial charge in [0.05, 0.1) is 18.8 Å². The SMILES string of the molecule is CNc1cc(-c2c(Br)nn3c2CN(C(=O)OC(C)(C)C)CC3)ccn1. The Morgan fingerprint density at radius 3 is 2.80 bits per heavy atom. The van der Waals surface area contributed by atoms with Gasteiger partial charge in [0.1, 0.15) is 16.0 Å². The van der Waals surface area contributed by atoms with E-state index in [1.807, 2.05) is 44.6 Å². The van der Waals surface area contributed by atoms with Crippen molar-refractivity contribution < 1.29 is 9.53 Å². The summed E-state index contributed by atoms with van der Waals surface area (Å²) < 4.78 is 8.22. The van der Waals surface area contributed by atoms with E-state index in [2.05, 4.69) is 31.3 Å². The van der Waals surface area contributed by atoms with E-state index in [9.17, 15) is 4.79 Å². The standard InChI is InChI=1S/C17H22BrN5O2/c1-17(2,3)25-16(24)22-7-8-23-12(10-22)14(15(18)21-23)11-5-6-20-13(9-11)19-4/h5-6,9H,7-8,10H2,1-4H3,(H,19,20). The van der Waals surface area contributed by atoms with Gasteiger partial charge in [-0.15, -0.1) is 0 Å². The van der Waals surface area contributed by atoms with Crippen LogP contribution in [-0.2, 0) is 17.8 Å². The Hall–Kier alpha value is -2.09. The van der Waals surface area contributed by atoms with Crippen molar-refractivity contribution >= 4 is 27.8 Å². The summed E-state index contributed by atoms with van der Waals surface area (Å²) in [6.45, 7) is 7.29. The normalized spacial score (nSPS) is 14.2. The van der Waals surface area contributed by atoms with Crippen LogP contribution in [0, 0.1) is 0 Å². The fourth-order valence-corrected chi connectivity index (χ4v) is 3.43. The molecule has 7 nitrogen and oxygen atoms in total. The van der Waals surface area contributed by atoms with Gasteiger partial charge in [-0.1, -0.05) is 0 Å². The highest BCUT2D eigenvalue weighted by atomic mass is 79.9. The van der Waals surface area contributed by atoms with Gasteiger partial charge in [-0.3, -0.25) is 4.68 Å². The molecular formula is C17H22BrN5O2. The molecule has 1 N–H and O–H groups in total. The summed E-state index contributed by atoms with van der Waals surface area (Å²) in [6, 6.07) is 3.91. The van der Waals surface area contributed by atoms with Crippen LogP contribution >= 0.6 is 15.9 Å². The van der Waals surface area contributed by atoms with E-state index in [1.165, 1.54) is 0 Å². The molecule has 25 heavy (non-hydrogen) atoms. The molecule has 0 saturated heterocycles. The first-order valence-electron chi connectivity index (χ1n) is 8.16. The highest BCUT2D eigenvalue weighted by Crippen LogP contribution is 2.34. The van der Waals surface area contributed by atoms with Crippen molar-refractivity contribution in [3.8, 4) is 11.1 Å². The topological polar surface area (TPSA) is 72.3 Å². The lowest BCUT2D eigenvalue weighted by Gasteiger charge is -2.30. The lowest BCUT2D eigenvalue weighted by atomic mass is 10.1. The molecule has 1 aliphatic rings. The number of anilines is 1. The third-order valence-corrected chi connectivity index (χ3v) is 4.45. The van der Waals surface area contributed by atoms with Crippen molar-refractivity contribution in [1.82, 2.24) is 19.7 Å². The van der Waals surface area contributed by atoms with Crippen LogP contribution in [0.2, 0.25) is 0 Å². The fourth-order valence-electron chi connectivity index (χ4n) is 2.78. The summed E-state index contributed by atoms with van der Waals surface area (Å²) in [4.78, 5) is 18.4. The number of nitrogens with one attached hydrogen (secondary N) is 1. The molecule has 1 amide bonds. The zero-order valence-electron chi connectivity index (χ0n) is 14.8. The number of amides is 1. The first-order valence-corrected chi connectivity index (χ1v) is 8.95. The van der Waals surface area contributed by atoms with Crippen LogP contribution in [0.15, 0.2) is 22.9 Å². The van der Waals surface area contributed by atoms with Gasteiger partial charge in [-0.05, 0) is 54.4 Å². The average molecular weight is 408 g/mol. The maximum Gasteiger partial charge on any atom is 0.410 e. The smallest absolute Gasteiger partial charge is 0.410 e. The first-order chi connectivity index (χ1) is 11.8. The molecule has 0 bridgehead atoms. The highest BCUT2D eigenvalue weighted by molar-refractivity contribution is 9.10. The van der Waals surface area contributed by atoms with E-state index in [1.54, 1.807) is 11.1 Å². The second-order valence-corrected chi connectivity index (χ2v) is 7.67. The number of pyridine rings is 1. The molecule has 0 atom stereocenters. The second kappa shape index (κ2) is 6.67. The van der Waals surface area contributed by atoms with Gasteiger partial charge in [0.2, 0.25) is 0 Å². The van der Waals surface area contributed by atoms with Crippen LogP contribution in [-0.4, -0.2) is 45.0 Å². The number of carbonyl (C=O) groups excluding carboxylic acids is 1. The molecule has 2 aromatic rings. The molecule has 0 unspecified atom stereocenters. The molecule has 8 heteroatoms. The predicted octanol–water partition coefficient (Wildman–Crippen LogP) is 3.50. The van der Waals surface area contributed by atoms with E-state index >= 15 is 0 Å². The molecule has 3 heterocycles. The molecule has 3 rings (SSSR count). The van der Waals surface area contributed by atoms with Gasteiger partial charge < -0.3 is 15.0 Å². The maximum atomic E-state index is 12.4. The Bertz CT molecular complexity index is 797. The van der Waals surface area contributed by atoms with Crippen molar-refractivity contribution in [2.45, 2.75) is 39.5 Å². The minimum Gasteiger partial charge on any atom is -0.444 e. The van der Waals surface area contributed by atoms with Crippen molar-refractivity contribution in [1.29, 1.82) is 0 Å². The minimum atomic E-state index is -0.509. The third-order valence-electron chi connectivity index (χ3n) is 3.89. The van der Waals surface area contributed by atoms with Gasteiger partial charge in [-0.25, -0.2) is 9.78 Å². The van der Waals surface area contributed by atoms with Crippen LogP contribution in [0.1, 0.15) is 26.5 Å². The largest absolute Gasteiger partial charge is 0.444 e. The quantitative estimate of drug-likeness (QED) is 0.824. The molecular weight excluding hydrogens is 386 g/mol. The van der Waals surface area contributed by atoms with E-state index in [0.29, 0.717) is 19.6 Å². The van der Waals surface area contributed by atoms with Gasteiger partial charge in [0.15, 0.2) is 0 Å². The summed E-state index contributed by atoms with van der Waals surface area (Å²) in [5.74, 6) is 0.782. The van der Waals surface area contributed by atoms with Crippen LogP contribution < -0.4 is 5.32 Å². The molecule has 0 aliphatic carbocycles. The van der Waals surface area contributed by atoms with Gasteiger partial charge >= 0.3 is 6.09 Å². The molecule has 0 radical (unpaired) electrons. The Balaban J connectivity index is 1.92. The average Bonchev–Trinajstić information content (AvgIpc) is 2.88. The van der Waals surface area contributed by atoms with Crippen molar-refractivity contribution in [2.24, 2.45) is 0 Å². The zero-order valence-corrected chi connectivity index (χ0v) is 16.4. The van der Waals surface area contributed by atoms with E-state index in [4.69, 9.17) is 4.74 Å². The van der Waals surface area contributed by atoms with E-state index in [0.717, 1.165) is 27.2 Å². The number of halogens is 1. The number of nitrogens with zero attached hydrogens (tertiary/aromatic N) is 4. The van der Waals surface area contributed by atoms with E-state index in [-0.39, 0.29) is 6.09 Å². The number of ether oxygens (including phenoxy) is 1. The number of fused-ring (bicyclic) bond motifs is 1. The van der Waals surface area contributed by atoms with Crippen molar-refractivity contribution in [3.63, 3.8) is 0 Å². The number of hydrogen-bond acceptors (Lipinski definition) is 5. The highest BCUT2D eigenvalue weighted by Gasteiger charge is 2.29. The number of carbonyl (C=O) groups is 1. The molecule has 0 fully saturated rings. The summed E-state index contributed by atoms with van der Waals surface area (Å²) >= 11 is 3.56. The molecule has 1 aliphatic heterocycles. The summed E-state index contributed by atoms with van der Waals surface area (Å²) in [5, 5.41) is 7.61. The zero-order chi connectivity index (χ0) is 18.2. The van der Waals surface area contributed by atoms with Crippen molar-refractivity contribution in [2.75, 3.05) is 18.9 Å². The number of aromatic nitrogens is 3. The van der Waals surface area contributed by atoms with Crippen LogP contribution in [0.25, 0.3) is 11.1 Å². The summed E-state index contributed by atoms with van der Waals surface area (Å²) in [5.41, 5.74) is 2.45. The Morgan fingerprint density at radius 2 is 2.12 bits per heavy atom. The van der Waals surface area contributed by atoms with E-state index < -0.39 is 5.60 Å². The van der Waals surface area contributed by atoms with Gasteiger partial charge in [-0.2, -0.15) is 5.10 Å². The number of hydrogen-bond donors (Lipinski definition) is 1. The lowest BCUT2D eigenvalue weighted by Crippen LogP contribution is -2.41. The molecule has 134 valence electrons. The molecule has 2 aromatic heterocycles. The maximum absolute atomic E-state index is 12.4. The number of rotatable bonds is 2. The Morgan fingerprint density at radius 1 is 1.36 bits per heavy atom. The monoisotopic (exact) mass is 407 g/mol. The van der Waals surface area contributed by atoms with Gasteiger partial charge in [0.25, 0.3) is 0 Å². The molecule has 0 saturated carbocycles. The second-order valence-electron chi connectivity index (χ2n) is 6.92. The summed E-state index contributed by atoms with van der Waals surface area (Å²) in [6.07, 6.45) is 1.46. The first kappa shape index (κ1) is 17.7. The lowest BCUT2D eigenvalue weighted by molar-refractivity contribution is 0.0195. The molecule has 0 spiro atoms. The third kappa shape index (κ3) is 3.78. The minimum absolute atomic E-state index is 0.298. The van der Waals surface area contributed by atoms with Crippen LogP contribution in [0.4, 0.5) is 10.6 Å². The molecule has 0 aromatic carbocycles. The van der Waals surface area contributed by atoms with Crippen LogP contribution in [0.5, 0.6) is 0 Å². The van der Waals surface area contributed by atoms with Crippen LogP contribution in [0.3, 0.4) is 0 Å². The Kier molecular flexibility index (Phi) is 4.73. The Labute approximate surface area is 155 Å². The fraction of sp³-hybridized carbons (Fsp3) is 0.471. The predicted molar refractivity (Wildman–Crippen MR) is 99.3 cm³/mol. The van der Waals surface area contributed by atoms with Gasteiger partial charge in [0, 0.05) is 25.4 Å². The van der Waals surface area contributed by atoms with Crippen molar-refractivity contribution in [3.05, 3.63) is 28.6 Å². The summed E-state index contributed by atoms with van der Waals surface area (Å²) in [7, 11) is 1.83.